The molecule has 10 heteroatoms. The Hall–Kier alpha value is 0.497. The monoisotopic (exact) mass is 1050 g/mol. The van der Waals surface area contributed by atoms with Gasteiger partial charge in [-0.1, -0.05) is 0 Å². The maximum atomic E-state index is 9.56. The van der Waals surface area contributed by atoms with Gasteiger partial charge in [-0.15, -0.1) is 11.3 Å². The van der Waals surface area contributed by atoms with Gasteiger partial charge in [-0.05, 0) is 23.9 Å². The first kappa shape index (κ1) is 50.9. The number of thiophene rings is 3. The molecule has 0 amide bonds. The van der Waals surface area contributed by atoms with Crippen LogP contribution in [0.1, 0.15) is 162 Å². The van der Waals surface area contributed by atoms with E-state index in [0.29, 0.717) is 0 Å². The minimum atomic E-state index is -2.29. The molecule has 2 saturated heterocycles. The van der Waals surface area contributed by atoms with Crippen molar-refractivity contribution < 1.29 is 24.1 Å². The van der Waals surface area contributed by atoms with Crippen molar-refractivity contribution in [3.05, 3.63) is 54.9 Å². The molecule has 2 aliphatic heterocycles. The fraction of sp³-hybridized carbons (Fsp3) is 0.739. The van der Waals surface area contributed by atoms with Crippen molar-refractivity contribution in [1.82, 2.24) is 0 Å². The van der Waals surface area contributed by atoms with Gasteiger partial charge in [-0.2, -0.15) is 0 Å². The van der Waals surface area contributed by atoms with Crippen LogP contribution in [0.5, 0.6) is 0 Å². The number of aryl methyl sites for hydroxylation is 3. The van der Waals surface area contributed by atoms with E-state index in [1.807, 2.05) is 11.3 Å². The van der Waals surface area contributed by atoms with Crippen molar-refractivity contribution >= 4 is 76.6 Å². The van der Waals surface area contributed by atoms with Gasteiger partial charge in [0.2, 0.25) is 0 Å². The summed E-state index contributed by atoms with van der Waals surface area (Å²) in [5.41, 5.74) is 4.01. The molecule has 2 aliphatic rings. The number of aliphatic hydroxyl groups excluding tert-OH is 1. The fourth-order valence-electron chi connectivity index (χ4n) is 8.16. The van der Waals surface area contributed by atoms with Gasteiger partial charge in [0.05, 0.1) is 18.1 Å². The zero-order valence-corrected chi connectivity index (χ0v) is 45.2. The van der Waals surface area contributed by atoms with E-state index in [2.05, 4.69) is 97.2 Å². The summed E-state index contributed by atoms with van der Waals surface area (Å²) in [6.07, 6.45) is 16.3. The average Bonchev–Trinajstić information content (AvgIpc) is 4.07. The van der Waals surface area contributed by atoms with E-state index in [0.717, 1.165) is 26.4 Å². The predicted molar refractivity (Wildman–Crippen MR) is 251 cm³/mol. The number of rotatable bonds is 23. The predicted octanol–water partition coefficient (Wildman–Crippen LogP) is 13.9. The zero-order valence-electron chi connectivity index (χ0n) is 37.0. The minimum absolute atomic E-state index is 0.0868. The molecule has 3 aromatic rings. The summed E-state index contributed by atoms with van der Waals surface area (Å²) in [7, 11) is 0. The summed E-state index contributed by atoms with van der Waals surface area (Å²) >= 11 is 1.19. The SMILES string of the molecule is CCC[CH2][Sn]([CH2]CCC)([CH2]CCC)[c]1cc(C)c(C2OCCO2)s1.CCC[CH2][Sn]([CH2]CCC)([CH2]CCC)[c]1cc(C)c(CO)s1.Cc1ccsc1C1OCCO1. The van der Waals surface area contributed by atoms with E-state index in [1.54, 1.807) is 17.1 Å². The summed E-state index contributed by atoms with van der Waals surface area (Å²) in [6.45, 7) is 23.7. The first-order valence-electron chi connectivity index (χ1n) is 22.5. The normalized spacial score (nSPS) is 15.2. The Kier molecular flexibility index (Phi) is 25.6. The largest absolute Gasteiger partial charge is 0.345 e. The molecule has 0 spiro atoms. The van der Waals surface area contributed by atoms with Crippen molar-refractivity contribution in [3.8, 4) is 0 Å². The Bertz CT molecular complexity index is 1410. The Morgan fingerprint density at radius 2 is 0.911 bits per heavy atom. The topological polar surface area (TPSA) is 57.2 Å². The summed E-state index contributed by atoms with van der Waals surface area (Å²) in [5, 5.41) is 11.6. The van der Waals surface area contributed by atoms with Gasteiger partial charge in [-0.25, -0.2) is 0 Å². The third-order valence-corrected chi connectivity index (χ3v) is 51.7. The van der Waals surface area contributed by atoms with E-state index < -0.39 is 36.8 Å². The number of hydrogen-bond donors (Lipinski definition) is 1. The molecule has 5 nitrogen and oxygen atoms in total. The maximum Gasteiger partial charge on any atom is 0.193 e. The van der Waals surface area contributed by atoms with Crippen LogP contribution in [-0.4, -0.2) is 68.3 Å². The third kappa shape index (κ3) is 15.4. The standard InChI is InChI=1S/C8H10O2S.C8H9O2S.C6H7OS.6C4H9.2Sn/c2*1-6-2-5-11-7(6)8-9-3-4-10-8;1-5-2-3-8-6(5)4-7;6*1-3-4-2;;/h2,5,8H,3-4H2,1H3;2,8H,3-4H2,1H3;2,7H,4H2,1H3;6*1,3-4H2,2H3;;. The first-order chi connectivity index (χ1) is 27.2. The molecule has 0 atom stereocenters. The first-order valence-corrected chi connectivity index (χ1v) is 40.0. The molecule has 1 N–H and O–H groups in total. The van der Waals surface area contributed by atoms with Gasteiger partial charge < -0.3 is 9.47 Å². The molecule has 0 aromatic carbocycles. The van der Waals surface area contributed by atoms with E-state index in [4.69, 9.17) is 18.9 Å². The Balaban J connectivity index is 0.000000239. The van der Waals surface area contributed by atoms with Crippen molar-refractivity contribution in [2.75, 3.05) is 26.4 Å². The molecule has 5 rings (SSSR count). The molecule has 2 fully saturated rings. The number of unbranched alkanes of at least 4 members (excludes halogenated alkanes) is 6. The smallest absolute Gasteiger partial charge is 0.193 e. The Morgan fingerprint density at radius 1 is 0.536 bits per heavy atom. The van der Waals surface area contributed by atoms with Gasteiger partial charge in [0.25, 0.3) is 0 Å². The van der Waals surface area contributed by atoms with Crippen LogP contribution in [0.15, 0.2) is 23.6 Å². The van der Waals surface area contributed by atoms with Crippen molar-refractivity contribution in [2.24, 2.45) is 0 Å². The van der Waals surface area contributed by atoms with Crippen molar-refractivity contribution in [3.63, 3.8) is 0 Å². The Morgan fingerprint density at radius 3 is 1.25 bits per heavy atom. The molecule has 5 heterocycles. The summed E-state index contributed by atoms with van der Waals surface area (Å²) in [6, 6.07) is 7.10. The second-order valence-corrected chi connectivity index (χ2v) is 47.8. The van der Waals surface area contributed by atoms with Crippen molar-refractivity contribution in [1.29, 1.82) is 0 Å². The van der Waals surface area contributed by atoms with E-state index in [-0.39, 0.29) is 19.2 Å². The molecule has 3 aromatic heterocycles. The molecule has 0 bridgehead atoms. The van der Waals surface area contributed by atoms with Crippen LogP contribution in [0, 0.1) is 20.8 Å². The van der Waals surface area contributed by atoms with Gasteiger partial charge >= 0.3 is 298 Å². The van der Waals surface area contributed by atoms with Gasteiger partial charge in [-0.3, -0.25) is 0 Å². The summed E-state index contributed by atoms with van der Waals surface area (Å²) in [5.74, 6) is 0. The number of hydrogen-bond acceptors (Lipinski definition) is 8. The average molecular weight is 1050 g/mol. The minimum Gasteiger partial charge on any atom is -0.345 e. The van der Waals surface area contributed by atoms with Crippen LogP contribution >= 0.6 is 34.0 Å². The second kappa shape index (κ2) is 28.2. The molecule has 56 heavy (non-hydrogen) atoms. The van der Waals surface area contributed by atoms with Gasteiger partial charge in [0, 0.05) is 0 Å². The van der Waals surface area contributed by atoms with E-state index >= 15 is 0 Å². The molecule has 0 unspecified atom stereocenters. The Labute approximate surface area is 363 Å². The van der Waals surface area contributed by atoms with Crippen LogP contribution < -0.4 is 5.79 Å². The van der Waals surface area contributed by atoms with Gasteiger partial charge in [0.1, 0.15) is 0 Å². The second-order valence-electron chi connectivity index (χ2n) is 16.3. The quantitative estimate of drug-likeness (QED) is 0.0959. The van der Waals surface area contributed by atoms with Crippen LogP contribution in [0.25, 0.3) is 0 Å². The van der Waals surface area contributed by atoms with E-state index in [9.17, 15) is 5.11 Å². The zero-order chi connectivity index (χ0) is 40.8. The molecule has 320 valence electrons. The van der Waals surface area contributed by atoms with Crippen LogP contribution in [-0.2, 0) is 25.6 Å². The van der Waals surface area contributed by atoms with Crippen LogP contribution in [0.4, 0.5) is 0 Å². The fourth-order valence-corrected chi connectivity index (χ4v) is 50.2. The third-order valence-electron chi connectivity index (χ3n) is 11.8. The van der Waals surface area contributed by atoms with Crippen molar-refractivity contribution in [2.45, 2.75) is 185 Å². The molecular formula is C46H80O5S3Sn2. The van der Waals surface area contributed by atoms with Crippen LogP contribution in [0.2, 0.25) is 26.6 Å². The van der Waals surface area contributed by atoms with Gasteiger partial charge in [0.15, 0.2) is 6.29 Å². The number of aliphatic hydroxyl groups is 1. The molecule has 0 radical (unpaired) electrons. The van der Waals surface area contributed by atoms with E-state index in [1.165, 1.54) is 135 Å². The maximum absolute atomic E-state index is 9.56. The summed E-state index contributed by atoms with van der Waals surface area (Å²) < 4.78 is 35.1. The molecule has 0 saturated carbocycles. The summed E-state index contributed by atoms with van der Waals surface area (Å²) in [4.78, 5) is 3.78. The molecular weight excluding hydrogens is 966 g/mol. The van der Waals surface area contributed by atoms with Crippen LogP contribution in [0.3, 0.4) is 0 Å². The number of ether oxygens (including phenoxy) is 4. The molecule has 0 aliphatic carbocycles.